The predicted octanol–water partition coefficient (Wildman–Crippen LogP) is 3.00. The van der Waals surface area contributed by atoms with Gasteiger partial charge in [0.2, 0.25) is 5.91 Å². The Bertz CT molecular complexity index is 583. The smallest absolute Gasteiger partial charge is 0.407 e. The summed E-state index contributed by atoms with van der Waals surface area (Å²) < 4.78 is 5.26. The Balaban J connectivity index is 1.71. The van der Waals surface area contributed by atoms with Gasteiger partial charge in [-0.3, -0.25) is 4.79 Å². The maximum Gasteiger partial charge on any atom is 0.407 e. The molecule has 0 radical (unpaired) electrons. The van der Waals surface area contributed by atoms with Crippen LogP contribution in [0.15, 0.2) is 0 Å². The number of hydrogen-bond donors (Lipinski definition) is 1. The standard InChI is InChI=1S/C21H34N2O4/c1-13(2)12-27-20(26)22-18(14-8-6-5-7-9-14)19(25)23-10-15-17(16(23)11-24)21(15,3)4/h11,13-18H,5-10,12H2,1-4H3,(H,22,26)/t15-,16+,17?,18-/m0/s1. The molecule has 2 aliphatic carbocycles. The zero-order valence-electron chi connectivity index (χ0n) is 17.1. The average molecular weight is 379 g/mol. The van der Waals surface area contributed by atoms with E-state index in [9.17, 15) is 14.4 Å². The van der Waals surface area contributed by atoms with Crippen molar-refractivity contribution < 1.29 is 19.1 Å². The van der Waals surface area contributed by atoms with Crippen LogP contribution in [0.5, 0.6) is 0 Å². The van der Waals surface area contributed by atoms with Crippen molar-refractivity contribution in [1.29, 1.82) is 0 Å². The van der Waals surface area contributed by atoms with Gasteiger partial charge in [0.15, 0.2) is 0 Å². The predicted molar refractivity (Wildman–Crippen MR) is 102 cm³/mol. The van der Waals surface area contributed by atoms with Gasteiger partial charge in [-0.15, -0.1) is 0 Å². The lowest BCUT2D eigenvalue weighted by atomic mass is 9.83. The molecule has 27 heavy (non-hydrogen) atoms. The maximum absolute atomic E-state index is 13.4. The number of rotatable bonds is 6. The van der Waals surface area contributed by atoms with Gasteiger partial charge in [0.1, 0.15) is 12.3 Å². The number of piperidine rings is 1. The number of aldehydes is 1. The Morgan fingerprint density at radius 1 is 1.22 bits per heavy atom. The third-order valence-corrected chi connectivity index (χ3v) is 6.89. The highest BCUT2D eigenvalue weighted by Gasteiger charge is 2.67. The topological polar surface area (TPSA) is 75.7 Å². The number of alkyl carbamates (subject to hydrolysis) is 1. The van der Waals surface area contributed by atoms with E-state index in [1.807, 2.05) is 13.8 Å². The van der Waals surface area contributed by atoms with Crippen LogP contribution in [0.25, 0.3) is 0 Å². The molecule has 0 aromatic rings. The van der Waals surface area contributed by atoms with Crippen LogP contribution in [0.1, 0.15) is 59.8 Å². The van der Waals surface area contributed by atoms with Crippen LogP contribution >= 0.6 is 0 Å². The van der Waals surface area contributed by atoms with E-state index in [4.69, 9.17) is 4.74 Å². The molecular weight excluding hydrogens is 344 g/mol. The van der Waals surface area contributed by atoms with Gasteiger partial charge in [0, 0.05) is 6.54 Å². The highest BCUT2D eigenvalue weighted by Crippen LogP contribution is 2.64. The molecule has 1 aliphatic heterocycles. The molecule has 152 valence electrons. The summed E-state index contributed by atoms with van der Waals surface area (Å²) in [4.78, 5) is 39.1. The normalized spacial score (nSPS) is 30.6. The Kier molecular flexibility index (Phi) is 5.82. The minimum Gasteiger partial charge on any atom is -0.449 e. The highest BCUT2D eigenvalue weighted by atomic mass is 16.5. The monoisotopic (exact) mass is 378 g/mol. The molecule has 2 amide bonds. The number of hydrogen-bond acceptors (Lipinski definition) is 4. The van der Waals surface area contributed by atoms with Crippen molar-refractivity contribution in [2.75, 3.05) is 13.2 Å². The highest BCUT2D eigenvalue weighted by molar-refractivity contribution is 5.89. The van der Waals surface area contributed by atoms with Gasteiger partial charge in [-0.1, -0.05) is 47.0 Å². The molecule has 0 aromatic carbocycles. The molecule has 0 aromatic heterocycles. The van der Waals surface area contributed by atoms with Crippen LogP contribution < -0.4 is 5.32 Å². The molecule has 1 saturated heterocycles. The minimum absolute atomic E-state index is 0.108. The first-order valence-corrected chi connectivity index (χ1v) is 10.5. The summed E-state index contributed by atoms with van der Waals surface area (Å²) in [6.07, 6.45) is 5.58. The Hall–Kier alpha value is -1.59. The first kappa shape index (κ1) is 20.2. The molecule has 0 spiro atoms. The molecule has 6 nitrogen and oxygen atoms in total. The van der Waals surface area contributed by atoms with Gasteiger partial charge in [-0.2, -0.15) is 0 Å². The number of nitrogens with one attached hydrogen (secondary N) is 1. The van der Waals surface area contributed by atoms with E-state index in [1.165, 1.54) is 6.42 Å². The van der Waals surface area contributed by atoms with E-state index in [0.29, 0.717) is 19.1 Å². The lowest BCUT2D eigenvalue weighted by Crippen LogP contribution is -2.55. The van der Waals surface area contributed by atoms with E-state index in [0.717, 1.165) is 32.0 Å². The zero-order chi connectivity index (χ0) is 19.8. The number of carbonyl (C=O) groups excluding carboxylic acids is 3. The fraction of sp³-hybridized carbons (Fsp3) is 0.857. The molecule has 3 rings (SSSR count). The summed E-state index contributed by atoms with van der Waals surface area (Å²) >= 11 is 0. The molecule has 2 saturated carbocycles. The molecule has 6 heteroatoms. The van der Waals surface area contributed by atoms with E-state index in [2.05, 4.69) is 19.2 Å². The second kappa shape index (κ2) is 7.80. The number of ether oxygens (including phenoxy) is 1. The molecule has 3 fully saturated rings. The van der Waals surface area contributed by atoms with Gasteiger partial charge in [-0.25, -0.2) is 4.79 Å². The summed E-state index contributed by atoms with van der Waals surface area (Å²) in [6.45, 7) is 9.23. The van der Waals surface area contributed by atoms with Crippen LogP contribution in [0.4, 0.5) is 4.79 Å². The van der Waals surface area contributed by atoms with Crippen molar-refractivity contribution in [2.45, 2.75) is 71.9 Å². The molecule has 1 unspecified atom stereocenters. The van der Waals surface area contributed by atoms with Crippen molar-refractivity contribution in [1.82, 2.24) is 10.2 Å². The van der Waals surface area contributed by atoms with Crippen molar-refractivity contribution in [3.05, 3.63) is 0 Å². The largest absolute Gasteiger partial charge is 0.449 e. The molecule has 4 atom stereocenters. The summed E-state index contributed by atoms with van der Waals surface area (Å²) in [5.41, 5.74) is 0.131. The van der Waals surface area contributed by atoms with Crippen molar-refractivity contribution >= 4 is 18.3 Å². The first-order chi connectivity index (χ1) is 12.8. The SMILES string of the molecule is CC(C)COC(=O)N[C@H](C(=O)N1C[C@H]2C([C@H]1C=O)C2(C)C)C1CCCCC1. The zero-order valence-corrected chi connectivity index (χ0v) is 17.1. The van der Waals surface area contributed by atoms with Crippen LogP contribution in [0.3, 0.4) is 0 Å². The summed E-state index contributed by atoms with van der Waals surface area (Å²) in [7, 11) is 0. The average Bonchev–Trinajstić information content (AvgIpc) is 3.00. The van der Waals surface area contributed by atoms with Crippen molar-refractivity contribution in [3.63, 3.8) is 0 Å². The van der Waals surface area contributed by atoms with E-state index in [1.54, 1.807) is 4.90 Å². The van der Waals surface area contributed by atoms with Crippen molar-refractivity contribution in [3.8, 4) is 0 Å². The maximum atomic E-state index is 13.4. The second-order valence-electron chi connectivity index (χ2n) is 9.58. The molecule has 0 bridgehead atoms. The molecule has 1 N–H and O–H groups in total. The number of likely N-dealkylation sites (tertiary alicyclic amines) is 1. The first-order valence-electron chi connectivity index (χ1n) is 10.5. The second-order valence-corrected chi connectivity index (χ2v) is 9.58. The van der Waals surface area contributed by atoms with Gasteiger partial charge >= 0.3 is 6.09 Å². The van der Waals surface area contributed by atoms with Gasteiger partial charge < -0.3 is 19.7 Å². The summed E-state index contributed by atoms with van der Waals surface area (Å²) in [5, 5.41) is 2.85. The Labute approximate surface area is 162 Å². The van der Waals surface area contributed by atoms with E-state index in [-0.39, 0.29) is 35.1 Å². The minimum atomic E-state index is -0.590. The lowest BCUT2D eigenvalue weighted by molar-refractivity contribution is -0.139. The van der Waals surface area contributed by atoms with Crippen LogP contribution in [-0.2, 0) is 14.3 Å². The number of fused-ring (bicyclic) bond motifs is 1. The molecule has 3 aliphatic rings. The Morgan fingerprint density at radius 2 is 1.89 bits per heavy atom. The number of carbonyl (C=O) groups is 3. The third kappa shape index (κ3) is 3.99. The van der Waals surface area contributed by atoms with Crippen LogP contribution in [-0.4, -0.2) is 48.4 Å². The molecule has 1 heterocycles. The summed E-state index contributed by atoms with van der Waals surface area (Å²) in [5.74, 6) is 0.890. The van der Waals surface area contributed by atoms with E-state index >= 15 is 0 Å². The van der Waals surface area contributed by atoms with Crippen LogP contribution in [0.2, 0.25) is 0 Å². The van der Waals surface area contributed by atoms with Crippen LogP contribution in [0, 0.1) is 29.1 Å². The molecular formula is C21H34N2O4. The fourth-order valence-corrected chi connectivity index (χ4v) is 5.17. The lowest BCUT2D eigenvalue weighted by Gasteiger charge is -2.35. The van der Waals surface area contributed by atoms with Gasteiger partial charge in [0.25, 0.3) is 0 Å². The quantitative estimate of drug-likeness (QED) is 0.721. The fourth-order valence-electron chi connectivity index (χ4n) is 5.17. The summed E-state index contributed by atoms with van der Waals surface area (Å²) in [6, 6.07) is -0.954. The third-order valence-electron chi connectivity index (χ3n) is 6.89. The Morgan fingerprint density at radius 3 is 2.48 bits per heavy atom. The number of amides is 2. The van der Waals surface area contributed by atoms with Crippen molar-refractivity contribution in [2.24, 2.45) is 29.1 Å². The number of nitrogens with zero attached hydrogens (tertiary/aromatic N) is 1. The van der Waals surface area contributed by atoms with E-state index < -0.39 is 12.1 Å². The van der Waals surface area contributed by atoms with Gasteiger partial charge in [0.05, 0.1) is 12.6 Å². The van der Waals surface area contributed by atoms with Gasteiger partial charge in [-0.05, 0) is 41.9 Å².